The molecule has 4 rings (SSSR count). The summed E-state index contributed by atoms with van der Waals surface area (Å²) in [5.41, 5.74) is 8.33. The fourth-order valence-corrected chi connectivity index (χ4v) is 3.80. The molecule has 8 heteroatoms. The van der Waals surface area contributed by atoms with Crippen LogP contribution < -0.4 is 16.0 Å². The Kier molecular flexibility index (Phi) is 5.37. The van der Waals surface area contributed by atoms with E-state index in [1.807, 2.05) is 25.1 Å². The van der Waals surface area contributed by atoms with Crippen molar-refractivity contribution in [2.75, 3.05) is 35.7 Å². The molecular weight excluding hydrogens is 378 g/mol. The Morgan fingerprint density at radius 2 is 2.14 bits per heavy atom. The van der Waals surface area contributed by atoms with Crippen LogP contribution in [0.15, 0.2) is 24.3 Å². The van der Waals surface area contributed by atoms with Crippen molar-refractivity contribution >= 4 is 35.0 Å². The zero-order valence-corrected chi connectivity index (χ0v) is 16.6. The first-order valence-corrected chi connectivity index (χ1v) is 9.95. The summed E-state index contributed by atoms with van der Waals surface area (Å²) in [5, 5.41) is 3.53. The number of carbonyl (C=O) groups excluding carboxylic acids is 1. The molecule has 1 saturated carbocycles. The number of nitrogens with two attached hydrogens (primary N) is 1. The van der Waals surface area contributed by atoms with Crippen LogP contribution in [0.5, 0.6) is 0 Å². The monoisotopic (exact) mass is 401 g/mol. The molecule has 2 aliphatic rings. The maximum absolute atomic E-state index is 12.0. The van der Waals surface area contributed by atoms with Crippen LogP contribution in [0, 0.1) is 12.8 Å². The number of benzene rings is 1. The number of nitrogens with one attached hydrogen (secondary N) is 1. The fraction of sp³-hybridized carbons (Fsp3) is 0.450. The summed E-state index contributed by atoms with van der Waals surface area (Å²) in [6.45, 7) is 3.85. The molecule has 0 radical (unpaired) electrons. The van der Waals surface area contributed by atoms with Gasteiger partial charge in [0, 0.05) is 41.5 Å². The lowest BCUT2D eigenvalue weighted by atomic mass is 10.0. The van der Waals surface area contributed by atoms with Gasteiger partial charge in [-0.3, -0.25) is 4.79 Å². The number of amides is 1. The van der Waals surface area contributed by atoms with E-state index in [4.69, 9.17) is 22.1 Å². The van der Waals surface area contributed by atoms with Gasteiger partial charge in [-0.2, -0.15) is 4.98 Å². The average Bonchev–Trinajstić information content (AvgIpc) is 3.48. The molecular formula is C20H24ClN5O2. The minimum atomic E-state index is -0.100. The Morgan fingerprint density at radius 3 is 2.86 bits per heavy atom. The highest BCUT2D eigenvalue weighted by molar-refractivity contribution is 6.31. The maximum Gasteiger partial charge on any atom is 0.227 e. The molecule has 2 aromatic rings. The zero-order valence-electron chi connectivity index (χ0n) is 15.8. The molecule has 1 aromatic carbocycles. The fourth-order valence-electron chi connectivity index (χ4n) is 3.50. The third-order valence-corrected chi connectivity index (χ3v) is 5.39. The highest BCUT2D eigenvalue weighted by atomic mass is 35.5. The molecule has 2 heterocycles. The van der Waals surface area contributed by atoms with Gasteiger partial charge in [0.25, 0.3) is 0 Å². The molecule has 2 fully saturated rings. The molecule has 0 spiro atoms. The van der Waals surface area contributed by atoms with E-state index in [0.717, 1.165) is 42.9 Å². The Bertz CT molecular complexity index is 867. The Balaban J connectivity index is 1.63. The summed E-state index contributed by atoms with van der Waals surface area (Å²) >= 11 is 6.62. The van der Waals surface area contributed by atoms with Crippen molar-refractivity contribution in [1.82, 2.24) is 9.97 Å². The summed E-state index contributed by atoms with van der Waals surface area (Å²) in [6, 6.07) is 7.47. The predicted molar refractivity (Wildman–Crippen MR) is 110 cm³/mol. The van der Waals surface area contributed by atoms with Crippen molar-refractivity contribution in [2.24, 2.45) is 5.92 Å². The van der Waals surface area contributed by atoms with E-state index in [1.54, 1.807) is 6.07 Å². The lowest BCUT2D eigenvalue weighted by molar-refractivity contribution is -0.117. The van der Waals surface area contributed by atoms with Crippen LogP contribution in [-0.2, 0) is 9.53 Å². The number of carbonyl (C=O) groups is 1. The summed E-state index contributed by atoms with van der Waals surface area (Å²) in [7, 11) is 0. The van der Waals surface area contributed by atoms with Crippen molar-refractivity contribution in [3.63, 3.8) is 0 Å². The molecule has 7 nitrogen and oxygen atoms in total. The third kappa shape index (κ3) is 4.20. The van der Waals surface area contributed by atoms with E-state index >= 15 is 0 Å². The smallest absolute Gasteiger partial charge is 0.227 e. The van der Waals surface area contributed by atoms with Crippen LogP contribution in [0.3, 0.4) is 0 Å². The van der Waals surface area contributed by atoms with Gasteiger partial charge >= 0.3 is 0 Å². The summed E-state index contributed by atoms with van der Waals surface area (Å²) in [5.74, 6) is 1.23. The molecule has 1 amide bonds. The van der Waals surface area contributed by atoms with Crippen molar-refractivity contribution in [2.45, 2.75) is 32.2 Å². The minimum Gasteiger partial charge on any atom is -0.379 e. The van der Waals surface area contributed by atoms with Gasteiger partial charge in [-0.1, -0.05) is 17.7 Å². The number of anilines is 3. The van der Waals surface area contributed by atoms with Gasteiger partial charge in [0.2, 0.25) is 11.9 Å². The minimum absolute atomic E-state index is 0.0650. The molecule has 1 aliphatic heterocycles. The SMILES string of the molecule is Cc1cc(N2CCCOC[C@@H]2c2ccc(NC(=O)C3CC3)cc2Cl)nc(N)n1. The zero-order chi connectivity index (χ0) is 19.7. The quantitative estimate of drug-likeness (QED) is 0.816. The first-order chi connectivity index (χ1) is 13.5. The lowest BCUT2D eigenvalue weighted by Crippen LogP contribution is -2.32. The number of rotatable bonds is 4. The summed E-state index contributed by atoms with van der Waals surface area (Å²) in [6.07, 6.45) is 2.81. The summed E-state index contributed by atoms with van der Waals surface area (Å²) < 4.78 is 5.82. The van der Waals surface area contributed by atoms with E-state index in [1.165, 1.54) is 0 Å². The second kappa shape index (κ2) is 7.93. The van der Waals surface area contributed by atoms with Crippen LogP contribution >= 0.6 is 11.6 Å². The second-order valence-corrected chi connectivity index (χ2v) is 7.77. The maximum atomic E-state index is 12.0. The van der Waals surface area contributed by atoms with Crippen LogP contribution in [0.4, 0.5) is 17.5 Å². The lowest BCUT2D eigenvalue weighted by Gasteiger charge is -2.31. The standard InChI is InChI=1S/C20H24ClN5O2/c1-12-9-18(25-20(22)23-12)26-7-2-8-28-11-17(26)15-6-5-14(10-16(15)21)24-19(27)13-3-4-13/h5-6,9-10,13,17H,2-4,7-8,11H2,1H3,(H,24,27)(H2,22,23,25)/t17-/m1/s1. The molecule has 0 unspecified atom stereocenters. The Labute approximate surface area is 169 Å². The number of ether oxygens (including phenoxy) is 1. The molecule has 1 saturated heterocycles. The Morgan fingerprint density at radius 1 is 1.32 bits per heavy atom. The van der Waals surface area contributed by atoms with Crippen molar-refractivity contribution in [3.05, 3.63) is 40.5 Å². The number of aryl methyl sites for hydroxylation is 1. The van der Waals surface area contributed by atoms with E-state index in [0.29, 0.717) is 23.9 Å². The van der Waals surface area contributed by atoms with E-state index in [9.17, 15) is 4.79 Å². The third-order valence-electron chi connectivity index (χ3n) is 5.07. The van der Waals surface area contributed by atoms with Gasteiger partial charge in [-0.05, 0) is 43.9 Å². The number of hydrogen-bond donors (Lipinski definition) is 2. The van der Waals surface area contributed by atoms with Gasteiger partial charge in [-0.25, -0.2) is 4.98 Å². The molecule has 28 heavy (non-hydrogen) atoms. The van der Waals surface area contributed by atoms with Gasteiger partial charge in [0.1, 0.15) is 5.82 Å². The van der Waals surface area contributed by atoms with Gasteiger partial charge in [0.05, 0.1) is 12.6 Å². The van der Waals surface area contributed by atoms with Gasteiger partial charge in [0.15, 0.2) is 0 Å². The van der Waals surface area contributed by atoms with E-state index < -0.39 is 0 Å². The molecule has 1 aromatic heterocycles. The number of halogens is 1. The van der Waals surface area contributed by atoms with Crippen LogP contribution in [0.25, 0.3) is 0 Å². The van der Waals surface area contributed by atoms with Gasteiger partial charge in [-0.15, -0.1) is 0 Å². The average molecular weight is 402 g/mol. The normalized spacial score (nSPS) is 19.9. The summed E-state index contributed by atoms with van der Waals surface area (Å²) in [4.78, 5) is 22.8. The van der Waals surface area contributed by atoms with E-state index in [2.05, 4.69) is 20.2 Å². The van der Waals surface area contributed by atoms with Gasteiger partial charge < -0.3 is 20.7 Å². The number of nitrogens with zero attached hydrogens (tertiary/aromatic N) is 3. The van der Waals surface area contributed by atoms with Crippen LogP contribution in [0.1, 0.15) is 36.6 Å². The number of hydrogen-bond acceptors (Lipinski definition) is 6. The van der Waals surface area contributed by atoms with Crippen LogP contribution in [0.2, 0.25) is 5.02 Å². The molecule has 3 N–H and O–H groups in total. The largest absolute Gasteiger partial charge is 0.379 e. The highest BCUT2D eigenvalue weighted by Gasteiger charge is 2.30. The van der Waals surface area contributed by atoms with Crippen molar-refractivity contribution < 1.29 is 9.53 Å². The molecule has 1 atom stereocenters. The highest BCUT2D eigenvalue weighted by Crippen LogP contribution is 2.35. The number of aromatic nitrogens is 2. The predicted octanol–water partition coefficient (Wildman–Crippen LogP) is 3.34. The van der Waals surface area contributed by atoms with Crippen molar-refractivity contribution in [1.29, 1.82) is 0 Å². The Hall–Kier alpha value is -2.38. The van der Waals surface area contributed by atoms with Crippen molar-refractivity contribution in [3.8, 4) is 0 Å². The number of nitrogen functional groups attached to an aromatic ring is 1. The molecule has 0 bridgehead atoms. The molecule has 1 aliphatic carbocycles. The first kappa shape index (κ1) is 19.0. The topological polar surface area (TPSA) is 93.4 Å². The second-order valence-electron chi connectivity index (χ2n) is 7.36. The van der Waals surface area contributed by atoms with E-state index in [-0.39, 0.29) is 23.8 Å². The first-order valence-electron chi connectivity index (χ1n) is 9.57. The van der Waals surface area contributed by atoms with Crippen LogP contribution in [-0.4, -0.2) is 35.6 Å². The molecule has 148 valence electrons.